The number of furan rings is 1. The number of rotatable bonds is 18. The monoisotopic (exact) mass is 852 g/mol. The van der Waals surface area contributed by atoms with Crippen molar-refractivity contribution in [3.63, 3.8) is 0 Å². The van der Waals surface area contributed by atoms with E-state index in [0.29, 0.717) is 62.7 Å². The van der Waals surface area contributed by atoms with Crippen molar-refractivity contribution in [1.29, 1.82) is 0 Å². The fourth-order valence-electron chi connectivity index (χ4n) is 7.48. The van der Waals surface area contributed by atoms with Gasteiger partial charge in [-0.2, -0.15) is 4.98 Å². The number of aliphatic hydroxyl groups is 1. The Morgan fingerprint density at radius 2 is 1.73 bits per heavy atom. The molecule has 3 amide bonds. The van der Waals surface area contributed by atoms with Gasteiger partial charge in [-0.25, -0.2) is 9.97 Å². The van der Waals surface area contributed by atoms with Crippen LogP contribution in [0.15, 0.2) is 102 Å². The van der Waals surface area contributed by atoms with Gasteiger partial charge in [0.1, 0.15) is 34.7 Å². The number of nitrogens with one attached hydrogen (secondary N) is 5. The molecule has 1 aliphatic heterocycles. The molecule has 3 aromatic carbocycles. The van der Waals surface area contributed by atoms with Crippen molar-refractivity contribution in [2.75, 3.05) is 67.2 Å². The molecule has 7 rings (SSSR count). The molecule has 0 spiro atoms. The fraction of sp³-hybridized carbons (Fsp3) is 0.298. The first kappa shape index (κ1) is 43.7. The Balaban J connectivity index is 0.918. The number of anilines is 6. The van der Waals surface area contributed by atoms with Crippen molar-refractivity contribution in [2.45, 2.75) is 44.6 Å². The molecule has 4 heterocycles. The molecule has 1 saturated heterocycles. The van der Waals surface area contributed by atoms with Crippen LogP contribution in [-0.2, 0) is 20.0 Å². The molecule has 0 saturated carbocycles. The van der Waals surface area contributed by atoms with E-state index in [0.717, 1.165) is 45.1 Å². The third kappa shape index (κ3) is 10.6. The van der Waals surface area contributed by atoms with Gasteiger partial charge < -0.3 is 50.7 Å². The van der Waals surface area contributed by atoms with Gasteiger partial charge in [-0.3, -0.25) is 14.4 Å². The number of pyridine rings is 1. The third-order valence-electron chi connectivity index (χ3n) is 11.0. The summed E-state index contributed by atoms with van der Waals surface area (Å²) < 4.78 is 5.80. The van der Waals surface area contributed by atoms with E-state index in [1.54, 1.807) is 51.4 Å². The van der Waals surface area contributed by atoms with E-state index in [2.05, 4.69) is 53.0 Å². The number of aromatic nitrogens is 3. The number of hydrogen-bond donors (Lipinski definition) is 6. The van der Waals surface area contributed by atoms with Crippen LogP contribution in [0.5, 0.6) is 0 Å². The lowest BCUT2D eigenvalue weighted by Crippen LogP contribution is -2.49. The van der Waals surface area contributed by atoms with E-state index < -0.39 is 11.5 Å². The maximum atomic E-state index is 13.2. The van der Waals surface area contributed by atoms with Crippen molar-refractivity contribution in [1.82, 2.24) is 30.5 Å². The summed E-state index contributed by atoms with van der Waals surface area (Å²) in [6, 6.07) is 22.9. The Hall–Kier alpha value is -7.33. The summed E-state index contributed by atoms with van der Waals surface area (Å²) in [5.41, 5.74) is 3.59. The van der Waals surface area contributed by atoms with Crippen LogP contribution in [0.4, 0.5) is 34.6 Å². The molecule has 1 unspecified atom stereocenters. The highest BCUT2D eigenvalue weighted by molar-refractivity contribution is 6.09. The molecule has 6 aromatic rings. The largest absolute Gasteiger partial charge is 0.464 e. The molecule has 16 heteroatoms. The quantitative estimate of drug-likeness (QED) is 0.0412. The van der Waals surface area contributed by atoms with E-state index in [-0.39, 0.29) is 48.0 Å². The van der Waals surface area contributed by atoms with Crippen LogP contribution in [0.25, 0.3) is 21.7 Å². The van der Waals surface area contributed by atoms with Crippen LogP contribution < -0.4 is 31.5 Å². The van der Waals surface area contributed by atoms with E-state index in [9.17, 15) is 24.3 Å². The first-order chi connectivity index (χ1) is 30.4. The number of benzene rings is 3. The van der Waals surface area contributed by atoms with Gasteiger partial charge in [0.2, 0.25) is 17.8 Å². The summed E-state index contributed by atoms with van der Waals surface area (Å²) in [5, 5.41) is 28.3. The topological polar surface area (TPSA) is 207 Å². The molecular formula is C47H52N10O6. The van der Waals surface area contributed by atoms with Gasteiger partial charge in [0.25, 0.3) is 5.91 Å². The van der Waals surface area contributed by atoms with Gasteiger partial charge in [-0.1, -0.05) is 24.3 Å². The standard InChI is InChI=1S/C47H52N10O6/c1-5-20-50-45(61)36-27-51-46(55-44(36)54-40-8-6-7-39(53-40)47(2,3)62)52-32-11-14-34(15-12-32)56-22-24-57(25-23-56)42(60)19-21-49-33-13-16-35-30(26-33)9-17-38-43(35)37(29-63-38)31(28-58)10-18-41(59)48-4/h5-9,11-17,26-29,31,49,62H,1,10,18-25H2,2-4H3,(H,48,59)(H,50,61)(H2,51,52,53,54,55). The highest BCUT2D eigenvalue weighted by Gasteiger charge is 2.23. The number of aldehydes is 1. The number of carbonyl (C=O) groups is 4. The van der Waals surface area contributed by atoms with Crippen molar-refractivity contribution < 1.29 is 28.7 Å². The van der Waals surface area contributed by atoms with Gasteiger partial charge in [-0.05, 0) is 85.6 Å². The van der Waals surface area contributed by atoms with Crippen LogP contribution in [0, 0.1) is 0 Å². The summed E-state index contributed by atoms with van der Waals surface area (Å²) in [6.45, 7) is 10.3. The number of piperazine rings is 1. The molecule has 326 valence electrons. The Bertz CT molecular complexity index is 2610. The number of amides is 3. The Morgan fingerprint density at radius 1 is 0.952 bits per heavy atom. The summed E-state index contributed by atoms with van der Waals surface area (Å²) in [5.74, 6) is 0.0131. The minimum absolute atomic E-state index is 0.0858. The van der Waals surface area contributed by atoms with E-state index >= 15 is 0 Å². The van der Waals surface area contributed by atoms with Crippen LogP contribution >= 0.6 is 0 Å². The second-order valence-corrected chi connectivity index (χ2v) is 15.8. The molecular weight excluding hydrogens is 801 g/mol. The van der Waals surface area contributed by atoms with Crippen LogP contribution in [-0.4, -0.2) is 95.3 Å². The molecule has 1 fully saturated rings. The fourth-order valence-corrected chi connectivity index (χ4v) is 7.48. The maximum Gasteiger partial charge on any atom is 0.256 e. The van der Waals surface area contributed by atoms with E-state index in [1.807, 2.05) is 59.5 Å². The number of nitrogens with zero attached hydrogens (tertiary/aromatic N) is 5. The molecule has 0 bridgehead atoms. The summed E-state index contributed by atoms with van der Waals surface area (Å²) in [7, 11) is 1.58. The molecule has 6 N–H and O–H groups in total. The zero-order valence-corrected chi connectivity index (χ0v) is 35.6. The molecule has 3 aromatic heterocycles. The number of carbonyl (C=O) groups excluding carboxylic acids is 4. The van der Waals surface area contributed by atoms with Gasteiger partial charge in [0.15, 0.2) is 0 Å². The SMILES string of the molecule is C=CCNC(=O)c1cnc(Nc2ccc(N3CCN(C(=O)CCNc4ccc5c(ccc6occ(C(C=O)CCC(=O)NC)c65)c4)CC3)cc2)nc1Nc1cccc(C(C)(C)O)n1. The summed E-state index contributed by atoms with van der Waals surface area (Å²) in [6.07, 6.45) is 6.48. The van der Waals surface area contributed by atoms with Gasteiger partial charge in [-0.15, -0.1) is 6.58 Å². The average molecular weight is 853 g/mol. The smallest absolute Gasteiger partial charge is 0.256 e. The number of fused-ring (bicyclic) bond motifs is 3. The van der Waals surface area contributed by atoms with E-state index in [4.69, 9.17) is 4.42 Å². The molecule has 1 aliphatic rings. The van der Waals surface area contributed by atoms with Crippen LogP contribution in [0.3, 0.4) is 0 Å². The van der Waals surface area contributed by atoms with Gasteiger partial charge in [0, 0.05) is 99.3 Å². The van der Waals surface area contributed by atoms with Crippen LogP contribution in [0.1, 0.15) is 60.6 Å². The van der Waals surface area contributed by atoms with Crippen molar-refractivity contribution in [2.24, 2.45) is 0 Å². The molecule has 63 heavy (non-hydrogen) atoms. The number of hydrogen-bond acceptors (Lipinski definition) is 13. The molecule has 1 atom stereocenters. The van der Waals surface area contributed by atoms with Crippen molar-refractivity contribution in [3.05, 3.63) is 115 Å². The summed E-state index contributed by atoms with van der Waals surface area (Å²) in [4.78, 5) is 67.8. The third-order valence-corrected chi connectivity index (χ3v) is 11.0. The zero-order chi connectivity index (χ0) is 44.5. The minimum atomic E-state index is -1.16. The highest BCUT2D eigenvalue weighted by atomic mass is 16.3. The molecule has 16 nitrogen and oxygen atoms in total. The van der Waals surface area contributed by atoms with Gasteiger partial charge >= 0.3 is 0 Å². The van der Waals surface area contributed by atoms with E-state index in [1.165, 1.54) is 6.20 Å². The van der Waals surface area contributed by atoms with Crippen LogP contribution in [0.2, 0.25) is 0 Å². The lowest BCUT2D eigenvalue weighted by atomic mass is 9.92. The average Bonchev–Trinajstić information content (AvgIpc) is 3.73. The Kier molecular flexibility index (Phi) is 13.6. The minimum Gasteiger partial charge on any atom is -0.464 e. The summed E-state index contributed by atoms with van der Waals surface area (Å²) >= 11 is 0. The first-order valence-electron chi connectivity index (χ1n) is 20.9. The van der Waals surface area contributed by atoms with Crippen molar-refractivity contribution >= 4 is 80.4 Å². The molecule has 0 aliphatic carbocycles. The second kappa shape index (κ2) is 19.6. The Morgan fingerprint density at radius 3 is 2.46 bits per heavy atom. The highest BCUT2D eigenvalue weighted by Crippen LogP contribution is 2.36. The lowest BCUT2D eigenvalue weighted by Gasteiger charge is -2.36. The predicted molar refractivity (Wildman–Crippen MR) is 245 cm³/mol. The normalized spacial score (nSPS) is 13.3. The lowest BCUT2D eigenvalue weighted by molar-refractivity contribution is -0.131. The Labute approximate surface area is 365 Å². The first-order valence-corrected chi connectivity index (χ1v) is 20.9. The zero-order valence-electron chi connectivity index (χ0n) is 35.6. The van der Waals surface area contributed by atoms with Crippen molar-refractivity contribution in [3.8, 4) is 0 Å². The maximum absolute atomic E-state index is 13.2. The predicted octanol–water partition coefficient (Wildman–Crippen LogP) is 6.36. The second-order valence-electron chi connectivity index (χ2n) is 15.8. The van der Waals surface area contributed by atoms with Gasteiger partial charge in [0.05, 0.1) is 12.0 Å². The molecule has 0 radical (unpaired) electrons.